The Kier molecular flexibility index (Phi) is 5.49. The normalized spacial score (nSPS) is 10.5. The molecular weight excluding hydrogens is 386 g/mol. The lowest BCUT2D eigenvalue weighted by Crippen LogP contribution is -2.22. The van der Waals surface area contributed by atoms with Crippen molar-refractivity contribution in [3.63, 3.8) is 0 Å². The molecule has 0 aliphatic heterocycles. The molecule has 0 aliphatic carbocycles. The topological polar surface area (TPSA) is 73.2 Å². The van der Waals surface area contributed by atoms with Crippen LogP contribution in [0.25, 0.3) is 16.9 Å². The molecule has 0 atom stereocenters. The number of carbonyl (C=O) groups is 2. The highest BCUT2D eigenvalue weighted by molar-refractivity contribution is 7.08. The van der Waals surface area contributed by atoms with Crippen molar-refractivity contribution in [2.75, 3.05) is 11.9 Å². The number of carbonyl (C=O) groups excluding carboxylic acids is 2. The van der Waals surface area contributed by atoms with Crippen LogP contribution < -0.4 is 5.32 Å². The first-order valence-corrected chi connectivity index (χ1v) is 9.85. The minimum atomic E-state index is -0.525. The number of rotatable bonds is 6. The van der Waals surface area contributed by atoms with E-state index in [0.717, 1.165) is 16.9 Å². The summed E-state index contributed by atoms with van der Waals surface area (Å²) < 4.78 is 6.74. The summed E-state index contributed by atoms with van der Waals surface area (Å²) in [6, 6.07) is 22.6. The number of anilines is 1. The number of esters is 1. The molecule has 0 unspecified atom stereocenters. The van der Waals surface area contributed by atoms with Crippen molar-refractivity contribution in [1.29, 1.82) is 0 Å². The first-order chi connectivity index (χ1) is 14.2. The molecular formula is C22H17N3O3S. The van der Waals surface area contributed by atoms with Crippen molar-refractivity contribution >= 4 is 29.0 Å². The van der Waals surface area contributed by atoms with Crippen LogP contribution in [-0.4, -0.2) is 28.3 Å². The number of nitrogens with zero attached hydrogens (tertiary/aromatic N) is 2. The fraction of sp³-hybridized carbons (Fsp3) is 0.0455. The predicted molar refractivity (Wildman–Crippen MR) is 112 cm³/mol. The van der Waals surface area contributed by atoms with Crippen LogP contribution in [0.4, 0.5) is 5.82 Å². The molecule has 4 aromatic rings. The molecule has 0 saturated heterocycles. The summed E-state index contributed by atoms with van der Waals surface area (Å²) in [5.74, 6) is -0.472. The van der Waals surface area contributed by atoms with Gasteiger partial charge in [-0.3, -0.25) is 4.79 Å². The fourth-order valence-corrected chi connectivity index (χ4v) is 3.39. The third-order valence-electron chi connectivity index (χ3n) is 4.14. The van der Waals surface area contributed by atoms with Crippen LogP contribution in [-0.2, 0) is 9.53 Å². The molecule has 0 saturated carbocycles. The summed E-state index contributed by atoms with van der Waals surface area (Å²) in [5.41, 5.74) is 2.89. The Labute approximate surface area is 171 Å². The van der Waals surface area contributed by atoms with Gasteiger partial charge in [-0.05, 0) is 23.6 Å². The highest BCUT2D eigenvalue weighted by atomic mass is 32.1. The van der Waals surface area contributed by atoms with Gasteiger partial charge in [-0.25, -0.2) is 9.48 Å². The standard InChI is InChI=1S/C22H17N3O3S/c26-21(14-28-22(27)17-11-12-29-15-17)23-20-13-19(16-7-3-1-4-8-16)24-25(20)18-9-5-2-6-10-18/h1-13,15H,14H2,(H,23,26). The summed E-state index contributed by atoms with van der Waals surface area (Å²) in [6.45, 7) is -0.380. The van der Waals surface area contributed by atoms with Gasteiger partial charge in [-0.2, -0.15) is 16.4 Å². The quantitative estimate of drug-likeness (QED) is 0.485. The van der Waals surface area contributed by atoms with Gasteiger partial charge >= 0.3 is 5.97 Å². The smallest absolute Gasteiger partial charge is 0.339 e. The number of nitrogens with one attached hydrogen (secondary N) is 1. The van der Waals surface area contributed by atoms with Gasteiger partial charge in [0.05, 0.1) is 16.9 Å². The van der Waals surface area contributed by atoms with Gasteiger partial charge in [0.15, 0.2) is 6.61 Å². The van der Waals surface area contributed by atoms with Crippen LogP contribution in [0.1, 0.15) is 10.4 Å². The van der Waals surface area contributed by atoms with Gasteiger partial charge in [0.1, 0.15) is 5.82 Å². The van der Waals surface area contributed by atoms with Crippen molar-refractivity contribution < 1.29 is 14.3 Å². The molecule has 7 heteroatoms. The third-order valence-corrected chi connectivity index (χ3v) is 4.82. The molecule has 0 radical (unpaired) electrons. The number of amides is 1. The Balaban J connectivity index is 1.54. The summed E-state index contributed by atoms with van der Waals surface area (Å²) in [5, 5.41) is 10.9. The average Bonchev–Trinajstić information content (AvgIpc) is 3.44. The zero-order valence-corrected chi connectivity index (χ0v) is 16.1. The minimum Gasteiger partial charge on any atom is -0.452 e. The lowest BCUT2D eigenvalue weighted by Gasteiger charge is -2.09. The lowest BCUT2D eigenvalue weighted by atomic mass is 10.2. The molecule has 2 heterocycles. The van der Waals surface area contributed by atoms with E-state index in [1.807, 2.05) is 60.7 Å². The molecule has 29 heavy (non-hydrogen) atoms. The van der Waals surface area contributed by atoms with Gasteiger partial charge in [0.25, 0.3) is 5.91 Å². The van der Waals surface area contributed by atoms with E-state index in [2.05, 4.69) is 10.4 Å². The molecule has 6 nitrogen and oxygen atoms in total. The van der Waals surface area contributed by atoms with Crippen molar-refractivity contribution in [2.24, 2.45) is 0 Å². The molecule has 0 aliphatic rings. The van der Waals surface area contributed by atoms with Crippen LogP contribution in [0.5, 0.6) is 0 Å². The molecule has 0 fully saturated rings. The van der Waals surface area contributed by atoms with E-state index < -0.39 is 11.9 Å². The summed E-state index contributed by atoms with van der Waals surface area (Å²) in [4.78, 5) is 24.3. The first-order valence-electron chi connectivity index (χ1n) is 8.91. The average molecular weight is 403 g/mol. The van der Waals surface area contributed by atoms with Crippen LogP contribution in [0.2, 0.25) is 0 Å². The fourth-order valence-electron chi connectivity index (χ4n) is 2.76. The molecule has 2 aromatic heterocycles. The van der Waals surface area contributed by atoms with Crippen molar-refractivity contribution in [2.45, 2.75) is 0 Å². The minimum absolute atomic E-state index is 0.380. The largest absolute Gasteiger partial charge is 0.452 e. The monoisotopic (exact) mass is 403 g/mol. The van der Waals surface area contributed by atoms with Crippen molar-refractivity contribution in [3.8, 4) is 16.9 Å². The number of ether oxygens (including phenoxy) is 1. The van der Waals surface area contributed by atoms with E-state index >= 15 is 0 Å². The maximum absolute atomic E-state index is 12.4. The van der Waals surface area contributed by atoms with E-state index in [1.165, 1.54) is 11.3 Å². The first kappa shape index (κ1) is 18.6. The summed E-state index contributed by atoms with van der Waals surface area (Å²) >= 11 is 1.39. The number of para-hydroxylation sites is 1. The molecule has 0 bridgehead atoms. The van der Waals surface area contributed by atoms with E-state index in [1.54, 1.807) is 27.6 Å². The lowest BCUT2D eigenvalue weighted by molar-refractivity contribution is -0.119. The summed E-state index contributed by atoms with van der Waals surface area (Å²) in [7, 11) is 0. The van der Waals surface area contributed by atoms with E-state index in [0.29, 0.717) is 11.4 Å². The van der Waals surface area contributed by atoms with E-state index in [-0.39, 0.29) is 6.61 Å². The Morgan fingerprint density at radius 2 is 1.72 bits per heavy atom. The Morgan fingerprint density at radius 3 is 2.41 bits per heavy atom. The maximum atomic E-state index is 12.4. The van der Waals surface area contributed by atoms with Crippen molar-refractivity contribution in [3.05, 3.63) is 89.1 Å². The Morgan fingerprint density at radius 1 is 1.00 bits per heavy atom. The zero-order valence-electron chi connectivity index (χ0n) is 15.3. The Hall–Kier alpha value is -3.71. The van der Waals surface area contributed by atoms with E-state index in [4.69, 9.17) is 4.74 Å². The van der Waals surface area contributed by atoms with Gasteiger partial charge in [0.2, 0.25) is 0 Å². The highest BCUT2D eigenvalue weighted by Gasteiger charge is 2.15. The van der Waals surface area contributed by atoms with Crippen LogP contribution in [0.3, 0.4) is 0 Å². The third kappa shape index (κ3) is 4.41. The van der Waals surface area contributed by atoms with Crippen molar-refractivity contribution in [1.82, 2.24) is 9.78 Å². The maximum Gasteiger partial charge on any atom is 0.339 e. The number of hydrogen-bond acceptors (Lipinski definition) is 5. The van der Waals surface area contributed by atoms with Crippen LogP contribution in [0, 0.1) is 0 Å². The molecule has 0 spiro atoms. The van der Waals surface area contributed by atoms with Crippen LogP contribution >= 0.6 is 11.3 Å². The van der Waals surface area contributed by atoms with Gasteiger partial charge in [-0.15, -0.1) is 0 Å². The summed E-state index contributed by atoms with van der Waals surface area (Å²) in [6.07, 6.45) is 0. The SMILES string of the molecule is O=C(COC(=O)c1ccsc1)Nc1cc(-c2ccccc2)nn1-c1ccccc1. The highest BCUT2D eigenvalue weighted by Crippen LogP contribution is 2.24. The second kappa shape index (κ2) is 8.53. The van der Waals surface area contributed by atoms with Gasteiger partial charge in [-0.1, -0.05) is 48.5 Å². The Bertz CT molecular complexity index is 1110. The molecule has 144 valence electrons. The number of benzene rings is 2. The predicted octanol–water partition coefficient (Wildman–Crippen LogP) is 4.40. The number of thiophene rings is 1. The molecule has 1 amide bonds. The second-order valence-corrected chi connectivity index (χ2v) is 6.94. The number of hydrogen-bond donors (Lipinski definition) is 1. The van der Waals surface area contributed by atoms with Crippen LogP contribution in [0.15, 0.2) is 83.6 Å². The zero-order chi connectivity index (χ0) is 20.1. The second-order valence-electron chi connectivity index (χ2n) is 6.16. The number of aromatic nitrogens is 2. The molecule has 4 rings (SSSR count). The van der Waals surface area contributed by atoms with E-state index in [9.17, 15) is 9.59 Å². The van der Waals surface area contributed by atoms with Gasteiger partial charge < -0.3 is 10.1 Å². The van der Waals surface area contributed by atoms with Gasteiger partial charge in [0, 0.05) is 17.0 Å². The molecule has 1 N–H and O–H groups in total. The molecule has 2 aromatic carbocycles.